The number of nitrogens with zero attached hydrogens (tertiary/aromatic N) is 1. The lowest BCUT2D eigenvalue weighted by molar-refractivity contribution is 0.600. The van der Waals surface area contributed by atoms with Gasteiger partial charge in [-0.15, -0.1) is 0 Å². The minimum atomic E-state index is -3.70. The van der Waals surface area contributed by atoms with Gasteiger partial charge in [-0.3, -0.25) is 4.72 Å². The summed E-state index contributed by atoms with van der Waals surface area (Å²) in [5, 5.41) is 12.2. The van der Waals surface area contributed by atoms with Crippen LogP contribution < -0.4 is 10.0 Å². The second-order valence-electron chi connectivity index (χ2n) is 5.12. The summed E-state index contributed by atoms with van der Waals surface area (Å²) in [7, 11) is -3.70. The van der Waals surface area contributed by atoms with Crippen molar-refractivity contribution in [1.29, 1.82) is 5.26 Å². The van der Waals surface area contributed by atoms with Gasteiger partial charge in [-0.2, -0.15) is 5.26 Å². The molecule has 0 bridgehead atoms. The number of sulfonamides is 1. The van der Waals surface area contributed by atoms with Crippen LogP contribution in [0.4, 0.5) is 5.69 Å². The summed E-state index contributed by atoms with van der Waals surface area (Å²) < 4.78 is 27.7. The van der Waals surface area contributed by atoms with E-state index in [-0.39, 0.29) is 4.90 Å². The predicted molar refractivity (Wildman–Crippen MR) is 83.8 cm³/mol. The van der Waals surface area contributed by atoms with Crippen LogP contribution in [0.3, 0.4) is 0 Å². The lowest BCUT2D eigenvalue weighted by Gasteiger charge is -2.21. The van der Waals surface area contributed by atoms with Crippen LogP contribution in [0.25, 0.3) is 0 Å². The number of nitrogens with one attached hydrogen (secondary N) is 2. The Labute approximate surface area is 129 Å². The molecule has 0 unspecified atom stereocenters. The van der Waals surface area contributed by atoms with Crippen LogP contribution in [0.15, 0.2) is 47.4 Å². The Hall–Kier alpha value is -2.36. The van der Waals surface area contributed by atoms with Gasteiger partial charge in [-0.05, 0) is 48.4 Å². The third-order valence-electron chi connectivity index (χ3n) is 3.66. The first-order chi connectivity index (χ1) is 10.6. The minimum Gasteiger partial charge on any atom is -0.312 e. The van der Waals surface area contributed by atoms with Crippen LogP contribution >= 0.6 is 0 Å². The summed E-state index contributed by atoms with van der Waals surface area (Å²) in [6.45, 7) is 1.57. The van der Waals surface area contributed by atoms with E-state index in [1.807, 2.05) is 18.2 Å². The molecule has 0 spiro atoms. The van der Waals surface area contributed by atoms with Crippen molar-refractivity contribution in [3.63, 3.8) is 0 Å². The van der Waals surface area contributed by atoms with Crippen molar-refractivity contribution in [1.82, 2.24) is 5.32 Å². The van der Waals surface area contributed by atoms with Gasteiger partial charge in [0, 0.05) is 6.54 Å². The quantitative estimate of drug-likeness (QED) is 0.908. The highest BCUT2D eigenvalue weighted by atomic mass is 32.2. The highest BCUT2D eigenvalue weighted by Gasteiger charge is 2.19. The molecule has 5 nitrogen and oxygen atoms in total. The van der Waals surface area contributed by atoms with Gasteiger partial charge in [0.2, 0.25) is 0 Å². The van der Waals surface area contributed by atoms with E-state index in [1.165, 1.54) is 12.1 Å². The Morgan fingerprint density at radius 1 is 1.18 bits per heavy atom. The zero-order valence-electron chi connectivity index (χ0n) is 11.8. The topological polar surface area (TPSA) is 82.0 Å². The van der Waals surface area contributed by atoms with Crippen LogP contribution in [0.5, 0.6) is 0 Å². The van der Waals surface area contributed by atoms with Crippen molar-refractivity contribution in [3.8, 4) is 6.07 Å². The van der Waals surface area contributed by atoms with Crippen molar-refractivity contribution in [3.05, 3.63) is 59.2 Å². The fourth-order valence-electron chi connectivity index (χ4n) is 2.56. The molecule has 0 fully saturated rings. The first-order valence-electron chi connectivity index (χ1n) is 6.94. The molecule has 2 aromatic carbocycles. The molecule has 0 radical (unpaired) electrons. The normalized spacial score (nSPS) is 14.0. The summed E-state index contributed by atoms with van der Waals surface area (Å²) in [5.41, 5.74) is 3.07. The Bertz CT molecular complexity index is 854. The van der Waals surface area contributed by atoms with Crippen LogP contribution in [0.1, 0.15) is 16.7 Å². The molecule has 3 rings (SSSR count). The fourth-order valence-corrected chi connectivity index (χ4v) is 3.70. The summed E-state index contributed by atoms with van der Waals surface area (Å²) in [6, 6.07) is 13.6. The number of hydrogen-bond donors (Lipinski definition) is 2. The molecule has 0 aliphatic carbocycles. The Balaban J connectivity index is 1.97. The second-order valence-corrected chi connectivity index (χ2v) is 6.80. The van der Waals surface area contributed by atoms with Crippen LogP contribution in [0.2, 0.25) is 0 Å². The molecule has 2 N–H and O–H groups in total. The molecule has 0 atom stereocenters. The van der Waals surface area contributed by atoms with Gasteiger partial charge in [0.25, 0.3) is 10.0 Å². The maximum Gasteiger partial charge on any atom is 0.261 e. The Morgan fingerprint density at radius 3 is 2.82 bits per heavy atom. The van der Waals surface area contributed by atoms with Crippen molar-refractivity contribution in [2.45, 2.75) is 17.9 Å². The van der Waals surface area contributed by atoms with Gasteiger partial charge in [0.15, 0.2) is 0 Å². The highest BCUT2D eigenvalue weighted by molar-refractivity contribution is 7.92. The van der Waals surface area contributed by atoms with Crippen LogP contribution in [0, 0.1) is 11.3 Å². The molecule has 0 saturated carbocycles. The summed E-state index contributed by atoms with van der Waals surface area (Å²) in [4.78, 5) is 0.0955. The second kappa shape index (κ2) is 5.79. The van der Waals surface area contributed by atoms with Crippen molar-refractivity contribution in [2.24, 2.45) is 0 Å². The molecule has 1 heterocycles. The van der Waals surface area contributed by atoms with E-state index in [0.29, 0.717) is 11.3 Å². The third kappa shape index (κ3) is 2.82. The van der Waals surface area contributed by atoms with Gasteiger partial charge in [0.05, 0.1) is 22.2 Å². The average molecular weight is 313 g/mol. The van der Waals surface area contributed by atoms with Gasteiger partial charge < -0.3 is 5.32 Å². The molecular formula is C16H15N3O2S. The molecule has 6 heteroatoms. The number of nitriles is 1. The van der Waals surface area contributed by atoms with Gasteiger partial charge in [-0.1, -0.05) is 18.2 Å². The number of anilines is 1. The van der Waals surface area contributed by atoms with Crippen LogP contribution in [-0.4, -0.2) is 15.0 Å². The number of hydrogen-bond acceptors (Lipinski definition) is 4. The molecule has 0 amide bonds. The molecule has 22 heavy (non-hydrogen) atoms. The summed E-state index contributed by atoms with van der Waals surface area (Å²) >= 11 is 0. The Morgan fingerprint density at radius 2 is 2.00 bits per heavy atom. The van der Waals surface area contributed by atoms with E-state index in [0.717, 1.165) is 30.6 Å². The largest absolute Gasteiger partial charge is 0.312 e. The minimum absolute atomic E-state index is 0.0955. The SMILES string of the molecule is N#Cc1cccc(S(=O)(=O)Nc2cccc3c2CCNC3)c1. The molecule has 112 valence electrons. The van der Waals surface area contributed by atoms with Gasteiger partial charge >= 0.3 is 0 Å². The average Bonchev–Trinajstić information content (AvgIpc) is 2.55. The van der Waals surface area contributed by atoms with Crippen molar-refractivity contribution < 1.29 is 8.42 Å². The molecule has 1 aliphatic rings. The first kappa shape index (κ1) is 14.6. The van der Waals surface area contributed by atoms with Gasteiger partial charge in [-0.25, -0.2) is 8.42 Å². The van der Waals surface area contributed by atoms with E-state index < -0.39 is 10.0 Å². The van der Waals surface area contributed by atoms with E-state index in [2.05, 4.69) is 10.0 Å². The third-order valence-corrected chi connectivity index (χ3v) is 5.02. The van der Waals surface area contributed by atoms with Crippen molar-refractivity contribution in [2.75, 3.05) is 11.3 Å². The molecule has 1 aliphatic heterocycles. The monoisotopic (exact) mass is 313 g/mol. The highest BCUT2D eigenvalue weighted by Crippen LogP contribution is 2.25. The maximum absolute atomic E-state index is 12.5. The first-order valence-corrected chi connectivity index (χ1v) is 8.43. The number of rotatable bonds is 3. The maximum atomic E-state index is 12.5. The fraction of sp³-hybridized carbons (Fsp3) is 0.188. The Kier molecular flexibility index (Phi) is 3.84. The molecule has 2 aromatic rings. The standard InChI is InChI=1S/C16H15N3O2S/c17-10-12-3-1-5-14(9-12)22(20,21)19-16-6-2-4-13-11-18-8-7-15(13)16/h1-6,9,18-19H,7-8,11H2. The number of fused-ring (bicyclic) bond motifs is 1. The molecule has 0 aromatic heterocycles. The summed E-state index contributed by atoms with van der Waals surface area (Å²) in [5.74, 6) is 0. The predicted octanol–water partition coefficient (Wildman–Crippen LogP) is 2.00. The smallest absolute Gasteiger partial charge is 0.261 e. The van der Waals surface area contributed by atoms with E-state index in [9.17, 15) is 8.42 Å². The van der Waals surface area contributed by atoms with E-state index >= 15 is 0 Å². The van der Waals surface area contributed by atoms with Crippen LogP contribution in [-0.2, 0) is 23.0 Å². The zero-order valence-corrected chi connectivity index (χ0v) is 12.7. The van der Waals surface area contributed by atoms with E-state index in [1.54, 1.807) is 18.2 Å². The lowest BCUT2D eigenvalue weighted by Crippen LogP contribution is -2.25. The van der Waals surface area contributed by atoms with Crippen molar-refractivity contribution >= 4 is 15.7 Å². The molecular weight excluding hydrogens is 298 g/mol. The summed E-state index contributed by atoms with van der Waals surface area (Å²) in [6.07, 6.45) is 0.784. The van der Waals surface area contributed by atoms with Gasteiger partial charge in [0.1, 0.15) is 0 Å². The zero-order chi connectivity index (χ0) is 15.6. The number of benzene rings is 2. The van der Waals surface area contributed by atoms with E-state index in [4.69, 9.17) is 5.26 Å². The molecule has 0 saturated heterocycles. The lowest BCUT2D eigenvalue weighted by atomic mass is 9.99.